The topological polar surface area (TPSA) is 57.5 Å². The molecule has 0 aliphatic rings. The van der Waals surface area contributed by atoms with E-state index in [9.17, 15) is 9.90 Å². The van der Waals surface area contributed by atoms with Crippen molar-refractivity contribution in [3.05, 3.63) is 52.6 Å². The third kappa shape index (κ3) is 5.96. The van der Waals surface area contributed by atoms with Gasteiger partial charge < -0.3 is 10.2 Å². The largest absolute Gasteiger partial charge is 0.508 e. The number of ketones is 1. The normalized spacial score (nSPS) is 11.3. The number of carbonyl (C=O) groups is 1. The summed E-state index contributed by atoms with van der Waals surface area (Å²) in [5, 5.41) is 18.7. The molecule has 0 aromatic heterocycles. The zero-order valence-corrected chi connectivity index (χ0v) is 13.0. The number of hydrogen-bond donors (Lipinski definition) is 2. The van der Waals surface area contributed by atoms with Crippen molar-refractivity contribution in [3.8, 4) is 5.75 Å². The number of benzene rings is 1. The van der Waals surface area contributed by atoms with Crippen LogP contribution in [-0.2, 0) is 6.42 Å². The molecule has 0 bridgehead atoms. The van der Waals surface area contributed by atoms with Crippen molar-refractivity contribution in [1.29, 1.82) is 0 Å². The van der Waals surface area contributed by atoms with Crippen LogP contribution in [-0.4, -0.2) is 22.6 Å². The van der Waals surface area contributed by atoms with Crippen LogP contribution in [0.2, 0.25) is 0 Å². The molecule has 1 rings (SSSR count). The molecule has 21 heavy (non-hydrogen) atoms. The highest BCUT2D eigenvalue weighted by Crippen LogP contribution is 2.21. The summed E-state index contributed by atoms with van der Waals surface area (Å²) in [6, 6.07) is 4.68. The van der Waals surface area contributed by atoms with Crippen molar-refractivity contribution in [3.63, 3.8) is 0 Å². The summed E-state index contributed by atoms with van der Waals surface area (Å²) in [5.41, 5.74) is 3.71. The highest BCUT2D eigenvalue weighted by Gasteiger charge is 2.07. The Morgan fingerprint density at radius 3 is 2.52 bits per heavy atom. The van der Waals surface area contributed by atoms with E-state index < -0.39 is 6.61 Å². The summed E-state index contributed by atoms with van der Waals surface area (Å²) in [5.74, 6) is -0.154. The van der Waals surface area contributed by atoms with Crippen molar-refractivity contribution in [2.45, 2.75) is 40.0 Å². The molecular weight excluding hydrogens is 264 g/mol. The van der Waals surface area contributed by atoms with Gasteiger partial charge in [-0.1, -0.05) is 23.3 Å². The van der Waals surface area contributed by atoms with Gasteiger partial charge in [-0.3, -0.25) is 4.79 Å². The summed E-state index contributed by atoms with van der Waals surface area (Å²) < 4.78 is 0. The van der Waals surface area contributed by atoms with E-state index in [1.54, 1.807) is 6.07 Å². The number of aromatic hydroxyl groups is 1. The first kappa shape index (κ1) is 17.2. The van der Waals surface area contributed by atoms with Gasteiger partial charge in [-0.05, 0) is 63.8 Å². The van der Waals surface area contributed by atoms with E-state index in [1.807, 2.05) is 0 Å². The van der Waals surface area contributed by atoms with Gasteiger partial charge in [0.2, 0.25) is 0 Å². The highest BCUT2D eigenvalue weighted by molar-refractivity contribution is 5.97. The van der Waals surface area contributed by atoms with E-state index in [1.165, 1.54) is 23.3 Å². The molecule has 2 N–H and O–H groups in total. The van der Waals surface area contributed by atoms with Crippen LogP contribution >= 0.6 is 0 Å². The Bertz CT molecular complexity index is 550. The Morgan fingerprint density at radius 2 is 1.90 bits per heavy atom. The fourth-order valence-electron chi connectivity index (χ4n) is 1.99. The van der Waals surface area contributed by atoms with Crippen LogP contribution in [0.25, 0.3) is 0 Å². The molecule has 3 heteroatoms. The molecule has 0 atom stereocenters. The maximum Gasteiger partial charge on any atom is 0.188 e. The molecule has 0 heterocycles. The number of phenols is 1. The van der Waals surface area contributed by atoms with E-state index in [0.717, 1.165) is 12.8 Å². The smallest absolute Gasteiger partial charge is 0.188 e. The summed E-state index contributed by atoms with van der Waals surface area (Å²) in [6.45, 7) is 5.72. The van der Waals surface area contributed by atoms with E-state index in [2.05, 4.69) is 32.9 Å². The van der Waals surface area contributed by atoms with Gasteiger partial charge in [0.1, 0.15) is 12.4 Å². The first-order valence-corrected chi connectivity index (χ1v) is 7.19. The van der Waals surface area contributed by atoms with E-state index >= 15 is 0 Å². The molecule has 0 fully saturated rings. The maximum absolute atomic E-state index is 11.5. The van der Waals surface area contributed by atoms with Gasteiger partial charge in [0.05, 0.1) is 0 Å². The second-order valence-corrected chi connectivity index (χ2v) is 5.50. The third-order valence-electron chi connectivity index (χ3n) is 3.31. The molecule has 114 valence electrons. The molecule has 1 aromatic carbocycles. The van der Waals surface area contributed by atoms with Gasteiger partial charge in [0, 0.05) is 5.56 Å². The Labute approximate surface area is 126 Å². The van der Waals surface area contributed by atoms with Crippen molar-refractivity contribution >= 4 is 5.78 Å². The number of aliphatic hydroxyl groups is 1. The lowest BCUT2D eigenvalue weighted by molar-refractivity contribution is 0.0903. The average Bonchev–Trinajstić information content (AvgIpc) is 2.45. The third-order valence-corrected chi connectivity index (χ3v) is 3.31. The number of Topliss-reactive ketones (excluding diaryl/α,β-unsaturated/α-hetero) is 1. The number of aliphatic hydroxyl groups excluding tert-OH is 1. The Hall–Kier alpha value is -1.87. The SMILES string of the molecule is CC(C)=CCCC(C)=CCc1cc(C(=O)CO)ccc1O. The molecule has 0 unspecified atom stereocenters. The number of phenolic OH excluding ortho intramolecular Hbond substituents is 1. The lowest BCUT2D eigenvalue weighted by Gasteiger charge is -2.06. The molecule has 0 aliphatic heterocycles. The molecule has 3 nitrogen and oxygen atoms in total. The van der Waals surface area contributed by atoms with Gasteiger partial charge in [0.25, 0.3) is 0 Å². The lowest BCUT2D eigenvalue weighted by Crippen LogP contribution is -2.04. The van der Waals surface area contributed by atoms with Crippen LogP contribution in [0.15, 0.2) is 41.5 Å². The first-order chi connectivity index (χ1) is 9.93. The quantitative estimate of drug-likeness (QED) is 0.592. The Morgan fingerprint density at radius 1 is 1.19 bits per heavy atom. The van der Waals surface area contributed by atoms with Crippen LogP contribution in [0.5, 0.6) is 5.75 Å². The first-order valence-electron chi connectivity index (χ1n) is 7.19. The van der Waals surface area contributed by atoms with E-state index in [-0.39, 0.29) is 11.5 Å². The molecule has 0 saturated heterocycles. The number of carbonyl (C=O) groups excluding carboxylic acids is 1. The average molecular weight is 288 g/mol. The van der Waals surface area contributed by atoms with Gasteiger partial charge in [-0.25, -0.2) is 0 Å². The predicted octanol–water partition coefficient (Wildman–Crippen LogP) is 3.80. The second-order valence-electron chi connectivity index (χ2n) is 5.50. The minimum atomic E-state index is -0.512. The molecule has 0 aliphatic carbocycles. The summed E-state index contributed by atoms with van der Waals surface area (Å²) >= 11 is 0. The standard InChI is InChI=1S/C18H24O3/c1-13(2)5-4-6-14(3)7-8-15-11-16(18(21)12-19)9-10-17(15)20/h5,7,9-11,19-20H,4,6,8,12H2,1-3H3. The molecule has 0 spiro atoms. The van der Waals surface area contributed by atoms with Crippen LogP contribution in [0.4, 0.5) is 0 Å². The lowest BCUT2D eigenvalue weighted by atomic mass is 10.0. The number of hydrogen-bond acceptors (Lipinski definition) is 3. The Kier molecular flexibility index (Phi) is 6.89. The Balaban J connectivity index is 2.73. The summed E-state index contributed by atoms with van der Waals surface area (Å²) in [7, 11) is 0. The molecule has 0 saturated carbocycles. The van der Waals surface area contributed by atoms with Crippen LogP contribution in [0.1, 0.15) is 49.5 Å². The minimum Gasteiger partial charge on any atom is -0.508 e. The molecular formula is C18H24O3. The molecule has 1 aromatic rings. The monoisotopic (exact) mass is 288 g/mol. The zero-order chi connectivity index (χ0) is 15.8. The van der Waals surface area contributed by atoms with Crippen LogP contribution in [0.3, 0.4) is 0 Å². The van der Waals surface area contributed by atoms with Crippen LogP contribution < -0.4 is 0 Å². The van der Waals surface area contributed by atoms with Gasteiger partial charge in [0.15, 0.2) is 5.78 Å². The molecule has 0 amide bonds. The fraction of sp³-hybridized carbons (Fsp3) is 0.389. The second kappa shape index (κ2) is 8.42. The zero-order valence-electron chi connectivity index (χ0n) is 13.0. The number of allylic oxidation sites excluding steroid dienone is 4. The van der Waals surface area contributed by atoms with Crippen molar-refractivity contribution in [2.75, 3.05) is 6.61 Å². The minimum absolute atomic E-state index is 0.179. The number of rotatable bonds is 7. The fourth-order valence-corrected chi connectivity index (χ4v) is 1.99. The van der Waals surface area contributed by atoms with E-state index in [4.69, 9.17) is 5.11 Å². The van der Waals surface area contributed by atoms with Crippen molar-refractivity contribution in [1.82, 2.24) is 0 Å². The van der Waals surface area contributed by atoms with E-state index in [0.29, 0.717) is 17.5 Å². The van der Waals surface area contributed by atoms with Crippen molar-refractivity contribution in [2.24, 2.45) is 0 Å². The molecule has 0 radical (unpaired) electrons. The van der Waals surface area contributed by atoms with Gasteiger partial charge in [-0.2, -0.15) is 0 Å². The van der Waals surface area contributed by atoms with Crippen molar-refractivity contribution < 1.29 is 15.0 Å². The van der Waals surface area contributed by atoms with Gasteiger partial charge >= 0.3 is 0 Å². The predicted molar refractivity (Wildman–Crippen MR) is 85.6 cm³/mol. The maximum atomic E-state index is 11.5. The summed E-state index contributed by atoms with van der Waals surface area (Å²) in [4.78, 5) is 11.5. The van der Waals surface area contributed by atoms with Crippen LogP contribution in [0, 0.1) is 0 Å². The van der Waals surface area contributed by atoms with Gasteiger partial charge in [-0.15, -0.1) is 0 Å². The highest BCUT2D eigenvalue weighted by atomic mass is 16.3. The summed E-state index contributed by atoms with van der Waals surface area (Å²) in [6.07, 6.45) is 6.86.